The first-order chi connectivity index (χ1) is 9.72. The molecule has 2 saturated carbocycles. The molecule has 2 fully saturated rings. The second-order valence-electron chi connectivity index (χ2n) is 7.16. The molecule has 1 nitrogen and oxygen atoms in total. The second-order valence-corrected chi connectivity index (χ2v) is 7.16. The average Bonchev–Trinajstić information content (AvgIpc) is 2.88. The molecule has 0 unspecified atom stereocenters. The van der Waals surface area contributed by atoms with Gasteiger partial charge in [-0.3, -0.25) is 0 Å². The number of aryl methyl sites for hydroxylation is 1. The zero-order chi connectivity index (χ0) is 14.0. The number of nitrogens with one attached hydrogen (secondary N) is 1. The van der Waals surface area contributed by atoms with Gasteiger partial charge in [0.2, 0.25) is 0 Å². The fourth-order valence-corrected chi connectivity index (χ4v) is 4.22. The smallest absolute Gasteiger partial charge is 0.00789 e. The molecule has 1 heteroatoms. The van der Waals surface area contributed by atoms with Crippen LogP contribution in [0.3, 0.4) is 0 Å². The van der Waals surface area contributed by atoms with Crippen LogP contribution in [0.4, 0.5) is 0 Å². The first kappa shape index (κ1) is 14.1. The number of hydrogen-bond donors (Lipinski definition) is 1. The molecule has 0 aromatic heterocycles. The maximum atomic E-state index is 3.87. The lowest BCUT2D eigenvalue weighted by molar-refractivity contribution is 0.213. The van der Waals surface area contributed by atoms with Crippen molar-refractivity contribution in [3.05, 3.63) is 35.4 Å². The maximum Gasteiger partial charge on any atom is 0.00789 e. The van der Waals surface area contributed by atoms with Crippen molar-refractivity contribution in [3.63, 3.8) is 0 Å². The van der Waals surface area contributed by atoms with E-state index in [0.717, 1.165) is 12.0 Å². The molecule has 3 rings (SSSR count). The first-order valence-electron chi connectivity index (χ1n) is 8.51. The van der Waals surface area contributed by atoms with Gasteiger partial charge in [0.05, 0.1) is 0 Å². The van der Waals surface area contributed by atoms with Gasteiger partial charge in [0.25, 0.3) is 0 Å². The van der Waals surface area contributed by atoms with Gasteiger partial charge in [-0.05, 0) is 61.5 Å². The number of benzene rings is 1. The summed E-state index contributed by atoms with van der Waals surface area (Å²) in [5.41, 5.74) is 3.68. The van der Waals surface area contributed by atoms with Gasteiger partial charge in [-0.25, -0.2) is 0 Å². The van der Waals surface area contributed by atoms with Crippen LogP contribution in [-0.2, 0) is 0 Å². The molecular formula is C19H29N. The van der Waals surface area contributed by atoms with E-state index in [-0.39, 0.29) is 0 Å². The van der Waals surface area contributed by atoms with E-state index in [1.54, 1.807) is 5.56 Å². The summed E-state index contributed by atoms with van der Waals surface area (Å²) in [6.45, 7) is 5.89. The third-order valence-electron chi connectivity index (χ3n) is 5.95. The zero-order valence-corrected chi connectivity index (χ0v) is 13.1. The van der Waals surface area contributed by atoms with E-state index in [4.69, 9.17) is 0 Å². The van der Waals surface area contributed by atoms with Crippen LogP contribution in [0, 0.1) is 12.3 Å². The van der Waals surface area contributed by atoms with E-state index in [1.807, 2.05) is 0 Å². The highest BCUT2D eigenvalue weighted by Crippen LogP contribution is 2.42. The van der Waals surface area contributed by atoms with E-state index in [9.17, 15) is 0 Å². The summed E-state index contributed by atoms with van der Waals surface area (Å²) in [6.07, 6.45) is 9.83. The minimum Gasteiger partial charge on any atom is -0.313 e. The Hall–Kier alpha value is -0.820. The van der Waals surface area contributed by atoms with Crippen LogP contribution in [0.1, 0.15) is 68.9 Å². The van der Waals surface area contributed by atoms with E-state index in [2.05, 4.69) is 43.4 Å². The van der Waals surface area contributed by atoms with Crippen LogP contribution < -0.4 is 5.32 Å². The van der Waals surface area contributed by atoms with E-state index in [1.165, 1.54) is 57.1 Å². The zero-order valence-electron chi connectivity index (χ0n) is 13.1. The molecule has 0 amide bonds. The highest BCUT2D eigenvalue weighted by atomic mass is 14.9. The van der Waals surface area contributed by atoms with Gasteiger partial charge in [-0.2, -0.15) is 0 Å². The quantitative estimate of drug-likeness (QED) is 0.811. The Labute approximate surface area is 124 Å². The van der Waals surface area contributed by atoms with Crippen LogP contribution in [-0.4, -0.2) is 12.6 Å². The van der Waals surface area contributed by atoms with Gasteiger partial charge in [-0.1, -0.05) is 44.0 Å². The topological polar surface area (TPSA) is 12.0 Å². The fraction of sp³-hybridized carbons (Fsp3) is 0.684. The minimum absolute atomic E-state index is 0.633. The Morgan fingerprint density at radius 3 is 2.50 bits per heavy atom. The van der Waals surface area contributed by atoms with Crippen molar-refractivity contribution < 1.29 is 0 Å². The molecule has 0 heterocycles. The van der Waals surface area contributed by atoms with Crippen molar-refractivity contribution in [3.8, 4) is 0 Å². The molecule has 0 atom stereocenters. The van der Waals surface area contributed by atoms with Crippen molar-refractivity contribution >= 4 is 0 Å². The van der Waals surface area contributed by atoms with Gasteiger partial charge in [0.15, 0.2) is 0 Å². The van der Waals surface area contributed by atoms with Crippen LogP contribution in [0.15, 0.2) is 24.3 Å². The molecule has 0 radical (unpaired) electrons. The predicted octanol–water partition coefficient (Wildman–Crippen LogP) is 4.80. The standard InChI is InChI=1S/C19H29N/c1-3-19(10-6-7-11-19)14-20-17-12-16(13-17)18-9-5-4-8-15(18)2/h4-5,8-9,16-17,20H,3,6-7,10-14H2,1-2H3. The largest absolute Gasteiger partial charge is 0.313 e. The third kappa shape index (κ3) is 2.79. The highest BCUT2D eigenvalue weighted by Gasteiger charge is 2.35. The molecule has 0 spiro atoms. The van der Waals surface area contributed by atoms with Crippen molar-refractivity contribution in [2.45, 2.75) is 70.8 Å². The summed E-state index contributed by atoms with van der Waals surface area (Å²) >= 11 is 0. The van der Waals surface area contributed by atoms with Gasteiger partial charge < -0.3 is 5.32 Å². The molecule has 1 N–H and O–H groups in total. The fourth-order valence-electron chi connectivity index (χ4n) is 4.22. The number of rotatable bonds is 5. The summed E-state index contributed by atoms with van der Waals surface area (Å²) in [4.78, 5) is 0. The Kier molecular flexibility index (Phi) is 4.16. The van der Waals surface area contributed by atoms with Crippen LogP contribution >= 0.6 is 0 Å². The average molecular weight is 271 g/mol. The summed E-state index contributed by atoms with van der Waals surface area (Å²) in [5, 5.41) is 3.87. The highest BCUT2D eigenvalue weighted by molar-refractivity contribution is 5.31. The van der Waals surface area contributed by atoms with Crippen LogP contribution in [0.5, 0.6) is 0 Å². The van der Waals surface area contributed by atoms with Gasteiger partial charge in [0.1, 0.15) is 0 Å². The SMILES string of the molecule is CCC1(CNC2CC(c3ccccc3C)C2)CCCC1. The minimum atomic E-state index is 0.633. The van der Waals surface area contributed by atoms with Crippen molar-refractivity contribution in [1.82, 2.24) is 5.32 Å². The second kappa shape index (κ2) is 5.89. The molecule has 2 aliphatic rings. The normalized spacial score (nSPS) is 28.3. The summed E-state index contributed by atoms with van der Waals surface area (Å²) < 4.78 is 0. The van der Waals surface area contributed by atoms with E-state index >= 15 is 0 Å². The molecule has 1 aromatic rings. The lowest BCUT2D eigenvalue weighted by Crippen LogP contribution is -2.44. The summed E-state index contributed by atoms with van der Waals surface area (Å²) in [6, 6.07) is 9.68. The van der Waals surface area contributed by atoms with E-state index in [0.29, 0.717) is 5.41 Å². The lowest BCUT2D eigenvalue weighted by atomic mass is 9.74. The molecule has 2 aliphatic carbocycles. The maximum absolute atomic E-state index is 3.87. The van der Waals surface area contributed by atoms with Gasteiger partial charge >= 0.3 is 0 Å². The molecule has 1 aromatic carbocycles. The Balaban J connectivity index is 1.48. The van der Waals surface area contributed by atoms with Crippen molar-refractivity contribution in [2.24, 2.45) is 5.41 Å². The van der Waals surface area contributed by atoms with E-state index < -0.39 is 0 Å². The lowest BCUT2D eigenvalue weighted by Gasteiger charge is -2.40. The molecular weight excluding hydrogens is 242 g/mol. The Morgan fingerprint density at radius 2 is 1.85 bits per heavy atom. The van der Waals surface area contributed by atoms with Gasteiger partial charge in [0, 0.05) is 12.6 Å². The predicted molar refractivity (Wildman–Crippen MR) is 86.1 cm³/mol. The monoisotopic (exact) mass is 271 g/mol. The molecule has 20 heavy (non-hydrogen) atoms. The molecule has 0 aliphatic heterocycles. The Morgan fingerprint density at radius 1 is 1.15 bits per heavy atom. The number of hydrogen-bond acceptors (Lipinski definition) is 1. The Bertz CT molecular complexity index is 439. The van der Waals surface area contributed by atoms with Crippen LogP contribution in [0.2, 0.25) is 0 Å². The van der Waals surface area contributed by atoms with Crippen molar-refractivity contribution in [2.75, 3.05) is 6.54 Å². The van der Waals surface area contributed by atoms with Crippen molar-refractivity contribution in [1.29, 1.82) is 0 Å². The molecule has 0 bridgehead atoms. The summed E-state index contributed by atoms with van der Waals surface area (Å²) in [5.74, 6) is 0.801. The molecule has 110 valence electrons. The van der Waals surface area contributed by atoms with Crippen LogP contribution in [0.25, 0.3) is 0 Å². The first-order valence-corrected chi connectivity index (χ1v) is 8.51. The van der Waals surface area contributed by atoms with Gasteiger partial charge in [-0.15, -0.1) is 0 Å². The summed E-state index contributed by atoms with van der Waals surface area (Å²) in [7, 11) is 0. The third-order valence-corrected chi connectivity index (χ3v) is 5.95. The molecule has 0 saturated heterocycles.